The summed E-state index contributed by atoms with van der Waals surface area (Å²) >= 11 is 14.2. The lowest BCUT2D eigenvalue weighted by atomic mass is 10.0. The van der Waals surface area contributed by atoms with Gasteiger partial charge in [0.15, 0.2) is 5.78 Å². The SMILES string of the molecule is Brc1ccc2c(c1)C1(CCO2)SCCS1.FC1(F)CCOc2ccc(Br)cc21.O=C1CCOc2ccc(Br)cc21. The smallest absolute Gasteiger partial charge is 0.280 e. The Morgan fingerprint density at radius 2 is 1.20 bits per heavy atom. The summed E-state index contributed by atoms with van der Waals surface area (Å²) in [7, 11) is 0. The number of fused-ring (bicyclic) bond motifs is 4. The summed E-state index contributed by atoms with van der Waals surface area (Å²) in [5, 5.41) is 0. The maximum Gasteiger partial charge on any atom is 0.280 e. The summed E-state index contributed by atoms with van der Waals surface area (Å²) in [5.74, 6) is 2.00. The van der Waals surface area contributed by atoms with Gasteiger partial charge in [0.05, 0.1) is 41.4 Å². The van der Waals surface area contributed by atoms with Crippen LogP contribution >= 0.6 is 71.3 Å². The fourth-order valence-corrected chi connectivity index (χ4v) is 9.01. The van der Waals surface area contributed by atoms with Crippen molar-refractivity contribution >= 4 is 77.1 Å². The van der Waals surface area contributed by atoms with Crippen molar-refractivity contribution in [1.82, 2.24) is 0 Å². The molecule has 0 unspecified atom stereocenters. The summed E-state index contributed by atoms with van der Waals surface area (Å²) < 4.78 is 45.7. The van der Waals surface area contributed by atoms with E-state index in [9.17, 15) is 13.6 Å². The maximum absolute atomic E-state index is 13.3. The molecule has 0 atom stereocenters. The van der Waals surface area contributed by atoms with Gasteiger partial charge < -0.3 is 14.2 Å². The molecule has 0 radical (unpaired) electrons. The summed E-state index contributed by atoms with van der Waals surface area (Å²) in [4.78, 5) is 11.3. The maximum atomic E-state index is 13.3. The van der Waals surface area contributed by atoms with Gasteiger partial charge in [0, 0.05) is 43.3 Å². The van der Waals surface area contributed by atoms with Crippen LogP contribution in [0.5, 0.6) is 17.2 Å². The van der Waals surface area contributed by atoms with E-state index in [4.69, 9.17) is 14.2 Å². The number of carbonyl (C=O) groups excluding carboxylic acids is 1. The van der Waals surface area contributed by atoms with Gasteiger partial charge in [-0.25, -0.2) is 8.78 Å². The number of alkyl halides is 2. The van der Waals surface area contributed by atoms with E-state index in [0.29, 0.717) is 34.6 Å². The molecule has 0 amide bonds. The summed E-state index contributed by atoms with van der Waals surface area (Å²) in [5.41, 5.74) is 2.04. The minimum Gasteiger partial charge on any atom is -0.493 e. The van der Waals surface area contributed by atoms with Crippen molar-refractivity contribution in [2.45, 2.75) is 29.3 Å². The van der Waals surface area contributed by atoms with E-state index in [2.05, 4.69) is 89.5 Å². The van der Waals surface area contributed by atoms with Crippen molar-refractivity contribution in [3.8, 4) is 17.2 Å². The summed E-state index contributed by atoms with van der Waals surface area (Å²) in [6.07, 6.45) is 1.38. The molecule has 1 saturated heterocycles. The average Bonchev–Trinajstić information content (AvgIpc) is 3.40. The van der Waals surface area contributed by atoms with Crippen molar-refractivity contribution in [3.63, 3.8) is 0 Å². The molecular weight excluding hydrogens is 754 g/mol. The van der Waals surface area contributed by atoms with Crippen LogP contribution in [0.25, 0.3) is 0 Å². The second-order valence-corrected chi connectivity index (χ2v) is 15.1. The van der Waals surface area contributed by atoms with Crippen LogP contribution in [-0.2, 0) is 10.0 Å². The van der Waals surface area contributed by atoms with E-state index in [1.165, 1.54) is 23.1 Å². The number of ketones is 1. The van der Waals surface area contributed by atoms with Gasteiger partial charge in [-0.2, -0.15) is 0 Å². The van der Waals surface area contributed by atoms with Gasteiger partial charge in [-0.3, -0.25) is 4.79 Å². The third-order valence-electron chi connectivity index (χ3n) is 6.63. The van der Waals surface area contributed by atoms with E-state index in [-0.39, 0.29) is 28.5 Å². The molecule has 0 bridgehead atoms. The molecule has 1 fully saturated rings. The molecule has 212 valence electrons. The highest BCUT2D eigenvalue weighted by Gasteiger charge is 2.42. The molecule has 0 N–H and O–H groups in total. The van der Waals surface area contributed by atoms with Gasteiger partial charge in [0.1, 0.15) is 17.2 Å². The highest BCUT2D eigenvalue weighted by atomic mass is 79.9. The number of thioether (sulfide) groups is 2. The predicted molar refractivity (Wildman–Crippen MR) is 168 cm³/mol. The fraction of sp³-hybridized carbons (Fsp3) is 0.345. The highest BCUT2D eigenvalue weighted by Crippen LogP contribution is 2.58. The molecule has 4 heterocycles. The molecule has 4 aliphatic heterocycles. The molecule has 11 heteroatoms. The second-order valence-electron chi connectivity index (χ2n) is 9.29. The molecule has 0 aromatic heterocycles. The first-order valence-electron chi connectivity index (χ1n) is 12.6. The van der Waals surface area contributed by atoms with Crippen LogP contribution in [0.1, 0.15) is 40.7 Å². The molecule has 7 rings (SSSR count). The van der Waals surface area contributed by atoms with E-state index in [1.807, 2.05) is 12.1 Å². The molecule has 3 aromatic carbocycles. The number of hydrogen-bond acceptors (Lipinski definition) is 6. The highest BCUT2D eigenvalue weighted by molar-refractivity contribution is 9.11. The summed E-state index contributed by atoms with van der Waals surface area (Å²) in [6.45, 7) is 1.45. The molecule has 0 saturated carbocycles. The monoisotopic (exact) mass is 776 g/mol. The Labute approximate surface area is 265 Å². The first-order chi connectivity index (χ1) is 19.2. The van der Waals surface area contributed by atoms with E-state index < -0.39 is 5.92 Å². The second kappa shape index (κ2) is 12.9. The van der Waals surface area contributed by atoms with Gasteiger partial charge in [0.2, 0.25) is 0 Å². The van der Waals surface area contributed by atoms with E-state index in [1.54, 1.807) is 18.2 Å². The van der Waals surface area contributed by atoms with Crippen LogP contribution in [0.15, 0.2) is 68.0 Å². The van der Waals surface area contributed by atoms with Gasteiger partial charge in [-0.1, -0.05) is 47.8 Å². The van der Waals surface area contributed by atoms with Crippen LogP contribution < -0.4 is 14.2 Å². The van der Waals surface area contributed by atoms with Gasteiger partial charge in [0.25, 0.3) is 5.92 Å². The Morgan fingerprint density at radius 3 is 1.88 bits per heavy atom. The third-order valence-corrected chi connectivity index (χ3v) is 11.7. The molecule has 40 heavy (non-hydrogen) atoms. The number of halogens is 5. The minimum absolute atomic E-state index is 0.0203. The van der Waals surface area contributed by atoms with Gasteiger partial charge >= 0.3 is 0 Å². The van der Waals surface area contributed by atoms with Crippen LogP contribution in [0.4, 0.5) is 8.78 Å². The van der Waals surface area contributed by atoms with Gasteiger partial charge in [-0.05, 0) is 54.6 Å². The predicted octanol–water partition coefficient (Wildman–Crippen LogP) is 9.60. The third kappa shape index (κ3) is 6.85. The number of carbonyl (C=O) groups is 1. The lowest BCUT2D eigenvalue weighted by Crippen LogP contribution is -2.24. The number of rotatable bonds is 0. The number of ether oxygens (including phenoxy) is 3. The Morgan fingerprint density at radius 1 is 0.675 bits per heavy atom. The lowest BCUT2D eigenvalue weighted by molar-refractivity contribution is -0.0405. The van der Waals surface area contributed by atoms with Crippen molar-refractivity contribution < 1.29 is 27.8 Å². The lowest BCUT2D eigenvalue weighted by Gasteiger charge is -2.34. The first kappa shape index (κ1) is 30.2. The number of Topliss-reactive ketones (excluding diaryl/α,β-unsaturated/α-hetero) is 1. The molecular formula is C29H25Br3F2O4S2. The normalized spacial score (nSPS) is 19.2. The van der Waals surface area contributed by atoms with Crippen molar-refractivity contribution in [2.75, 3.05) is 31.3 Å². The molecule has 0 aliphatic carbocycles. The number of benzene rings is 3. The van der Waals surface area contributed by atoms with E-state index in [0.717, 1.165) is 27.7 Å². The molecule has 3 aromatic rings. The van der Waals surface area contributed by atoms with Crippen molar-refractivity contribution in [3.05, 3.63) is 84.7 Å². The van der Waals surface area contributed by atoms with Crippen LogP contribution in [0, 0.1) is 0 Å². The zero-order valence-corrected chi connectivity index (χ0v) is 27.6. The Hall–Kier alpha value is -1.27. The van der Waals surface area contributed by atoms with Crippen molar-refractivity contribution in [1.29, 1.82) is 0 Å². The minimum atomic E-state index is -2.75. The average molecular weight is 779 g/mol. The zero-order chi connectivity index (χ0) is 28.3. The molecule has 4 nitrogen and oxygen atoms in total. The Bertz CT molecular complexity index is 1400. The van der Waals surface area contributed by atoms with Crippen LogP contribution in [0.2, 0.25) is 0 Å². The standard InChI is InChI=1S/C11H11BrOS2.C9H7BrF2O.C9H7BrO2/c12-8-1-2-10-9(7-8)11(3-4-13-10)14-5-6-15-11;10-6-1-2-8-7(5-6)9(11,12)3-4-13-8;10-6-1-2-9-7(5-6)8(11)3-4-12-9/h1-2,7H,3-6H2;1-2,5H,3-4H2;1-2,5H,3-4H2. The van der Waals surface area contributed by atoms with E-state index >= 15 is 0 Å². The number of hydrogen-bond donors (Lipinski definition) is 0. The van der Waals surface area contributed by atoms with Crippen LogP contribution in [-0.4, -0.2) is 37.1 Å². The summed E-state index contributed by atoms with van der Waals surface area (Å²) in [6, 6.07) is 16.5. The Kier molecular flexibility index (Phi) is 9.77. The van der Waals surface area contributed by atoms with Crippen LogP contribution in [0.3, 0.4) is 0 Å². The molecule has 1 spiro atoms. The molecule has 4 aliphatic rings. The van der Waals surface area contributed by atoms with Gasteiger partial charge in [-0.15, -0.1) is 23.5 Å². The fourth-order valence-electron chi connectivity index (χ4n) is 4.68. The van der Waals surface area contributed by atoms with Crippen molar-refractivity contribution in [2.24, 2.45) is 0 Å². The largest absolute Gasteiger partial charge is 0.493 e. The zero-order valence-electron chi connectivity index (χ0n) is 21.2. The quantitative estimate of drug-likeness (QED) is 0.227. The topological polar surface area (TPSA) is 44.8 Å². The Balaban J connectivity index is 0.000000122. The first-order valence-corrected chi connectivity index (χ1v) is 17.0.